The van der Waals surface area contributed by atoms with E-state index in [9.17, 15) is 14.7 Å². The molecule has 148 valence electrons. The number of hydrogen-bond donors (Lipinski definition) is 2. The highest BCUT2D eigenvalue weighted by Gasteiger charge is 2.45. The Hall–Kier alpha value is -1.85. The minimum Gasteiger partial charge on any atom is -0.480 e. The number of nitrogens with zero attached hydrogens (tertiary/aromatic N) is 1. The highest BCUT2D eigenvalue weighted by molar-refractivity contribution is 6.30. The Kier molecular flexibility index (Phi) is 8.32. The van der Waals surface area contributed by atoms with Gasteiger partial charge in [0.1, 0.15) is 5.41 Å². The average molecular weight is 393 g/mol. The number of halogens is 1. The van der Waals surface area contributed by atoms with Crippen molar-refractivity contribution in [1.29, 1.82) is 0 Å². The molecule has 0 saturated carbocycles. The maximum atomic E-state index is 12.6. The van der Waals surface area contributed by atoms with Crippen molar-refractivity contribution >= 4 is 23.5 Å². The molecule has 1 unspecified atom stereocenters. The number of carbonyl (C=O) groups is 2. The molecule has 0 bridgehead atoms. The summed E-state index contributed by atoms with van der Waals surface area (Å²) in [5, 5.41) is 13.2. The number of allylic oxidation sites excluding steroid dienone is 2. The van der Waals surface area contributed by atoms with Gasteiger partial charge in [-0.25, -0.2) is 0 Å². The molecule has 2 rings (SSSR count). The zero-order valence-corrected chi connectivity index (χ0v) is 16.7. The molecule has 1 aromatic carbocycles. The van der Waals surface area contributed by atoms with E-state index in [2.05, 4.69) is 17.1 Å². The number of nitrogens with one attached hydrogen (secondary N) is 1. The van der Waals surface area contributed by atoms with Gasteiger partial charge in [0, 0.05) is 24.7 Å². The standard InChI is InChI=1S/C21H29ClN2O3/c1-2-3-13-24(16-17-8-7-9-18(22)15-17)14-12-23-19(25)21(20(26)27)10-5-4-6-11-21/h4-5,7-9,15H,2-3,6,10-14,16H2,1H3,(H,23,25)(H,26,27). The van der Waals surface area contributed by atoms with Crippen LogP contribution in [0.5, 0.6) is 0 Å². The fourth-order valence-electron chi connectivity index (χ4n) is 3.37. The number of benzene rings is 1. The minimum atomic E-state index is -1.32. The molecular formula is C21H29ClN2O3. The van der Waals surface area contributed by atoms with Crippen LogP contribution >= 0.6 is 11.6 Å². The van der Waals surface area contributed by atoms with E-state index in [0.717, 1.165) is 31.5 Å². The third-order valence-corrected chi connectivity index (χ3v) is 5.29. The molecule has 1 atom stereocenters. The molecular weight excluding hydrogens is 364 g/mol. The number of unbranched alkanes of at least 4 members (excludes halogenated alkanes) is 1. The summed E-state index contributed by atoms with van der Waals surface area (Å²) in [6.45, 7) is 4.92. The van der Waals surface area contributed by atoms with E-state index in [4.69, 9.17) is 11.6 Å². The van der Waals surface area contributed by atoms with Crippen molar-refractivity contribution in [3.8, 4) is 0 Å². The molecule has 6 heteroatoms. The SMILES string of the molecule is CCCCN(CCNC(=O)C1(C(=O)O)CC=CCC1)Cc1cccc(Cl)c1. The fraction of sp³-hybridized carbons (Fsp3) is 0.524. The van der Waals surface area contributed by atoms with Crippen molar-refractivity contribution in [1.82, 2.24) is 10.2 Å². The van der Waals surface area contributed by atoms with Gasteiger partial charge >= 0.3 is 5.97 Å². The molecule has 5 nitrogen and oxygen atoms in total. The molecule has 1 aliphatic rings. The summed E-state index contributed by atoms with van der Waals surface area (Å²) in [5.74, 6) is -1.41. The topological polar surface area (TPSA) is 69.6 Å². The number of hydrogen-bond acceptors (Lipinski definition) is 3. The Morgan fingerprint density at radius 3 is 2.74 bits per heavy atom. The van der Waals surface area contributed by atoms with E-state index in [1.807, 2.05) is 30.3 Å². The van der Waals surface area contributed by atoms with Crippen LogP contribution in [0, 0.1) is 5.41 Å². The van der Waals surface area contributed by atoms with E-state index in [-0.39, 0.29) is 12.3 Å². The Labute approximate surface area is 166 Å². The molecule has 0 fully saturated rings. The van der Waals surface area contributed by atoms with Gasteiger partial charge in [0.2, 0.25) is 5.91 Å². The van der Waals surface area contributed by atoms with E-state index >= 15 is 0 Å². The minimum absolute atomic E-state index is 0.260. The lowest BCUT2D eigenvalue weighted by Gasteiger charge is -2.29. The molecule has 0 saturated heterocycles. The summed E-state index contributed by atoms with van der Waals surface area (Å²) in [4.78, 5) is 26.6. The number of aliphatic carboxylic acids is 1. The van der Waals surface area contributed by atoms with Crippen molar-refractivity contribution in [3.05, 3.63) is 47.0 Å². The first-order valence-corrected chi connectivity index (χ1v) is 9.99. The Morgan fingerprint density at radius 2 is 2.11 bits per heavy atom. The molecule has 0 aromatic heterocycles. The lowest BCUT2D eigenvalue weighted by atomic mass is 9.76. The van der Waals surface area contributed by atoms with Crippen LogP contribution in [0.15, 0.2) is 36.4 Å². The monoisotopic (exact) mass is 392 g/mol. The predicted octanol–water partition coefficient (Wildman–Crippen LogP) is 3.87. The summed E-state index contributed by atoms with van der Waals surface area (Å²) in [6.07, 6.45) is 7.13. The smallest absolute Gasteiger partial charge is 0.319 e. The highest BCUT2D eigenvalue weighted by atomic mass is 35.5. The van der Waals surface area contributed by atoms with E-state index < -0.39 is 11.4 Å². The first-order valence-electron chi connectivity index (χ1n) is 9.61. The lowest BCUT2D eigenvalue weighted by Crippen LogP contribution is -2.48. The van der Waals surface area contributed by atoms with Crippen LogP contribution in [0.25, 0.3) is 0 Å². The van der Waals surface area contributed by atoms with Gasteiger partial charge in [-0.2, -0.15) is 0 Å². The summed E-state index contributed by atoms with van der Waals surface area (Å²) < 4.78 is 0. The molecule has 1 aliphatic carbocycles. The Balaban J connectivity index is 1.92. The van der Waals surface area contributed by atoms with Crippen molar-refractivity contribution in [2.75, 3.05) is 19.6 Å². The van der Waals surface area contributed by atoms with Crippen LogP contribution in [0.2, 0.25) is 5.02 Å². The van der Waals surface area contributed by atoms with Crippen molar-refractivity contribution in [3.63, 3.8) is 0 Å². The summed E-state index contributed by atoms with van der Waals surface area (Å²) in [7, 11) is 0. The third kappa shape index (κ3) is 6.08. The first-order chi connectivity index (χ1) is 13.0. The fourth-order valence-corrected chi connectivity index (χ4v) is 3.59. The molecule has 1 amide bonds. The largest absolute Gasteiger partial charge is 0.480 e. The summed E-state index contributed by atoms with van der Waals surface area (Å²) in [5.41, 5.74) is -0.194. The van der Waals surface area contributed by atoms with Gasteiger partial charge in [0.05, 0.1) is 0 Å². The van der Waals surface area contributed by atoms with Gasteiger partial charge in [-0.3, -0.25) is 14.5 Å². The van der Waals surface area contributed by atoms with Crippen LogP contribution in [-0.2, 0) is 16.1 Å². The highest BCUT2D eigenvalue weighted by Crippen LogP contribution is 2.33. The second kappa shape index (κ2) is 10.5. The number of carboxylic acid groups (broad SMARTS) is 1. The second-order valence-corrected chi connectivity index (χ2v) is 7.55. The number of carboxylic acids is 1. The molecule has 0 aliphatic heterocycles. The van der Waals surface area contributed by atoms with Crippen LogP contribution in [0.4, 0.5) is 0 Å². The molecule has 0 heterocycles. The van der Waals surface area contributed by atoms with Gasteiger partial charge in [-0.15, -0.1) is 0 Å². The molecule has 0 radical (unpaired) electrons. The van der Waals surface area contributed by atoms with Gasteiger partial charge in [-0.1, -0.05) is 49.2 Å². The molecule has 0 spiro atoms. The number of amides is 1. The normalized spacial score (nSPS) is 19.2. The van der Waals surface area contributed by atoms with Crippen LogP contribution in [0.1, 0.15) is 44.6 Å². The zero-order chi connectivity index (χ0) is 19.7. The Morgan fingerprint density at radius 1 is 1.30 bits per heavy atom. The molecule has 2 N–H and O–H groups in total. The van der Waals surface area contributed by atoms with Gasteiger partial charge in [0.15, 0.2) is 0 Å². The quantitative estimate of drug-likeness (QED) is 0.468. The molecule has 27 heavy (non-hydrogen) atoms. The average Bonchev–Trinajstić information content (AvgIpc) is 2.66. The van der Waals surface area contributed by atoms with Crippen molar-refractivity contribution in [2.45, 2.75) is 45.6 Å². The second-order valence-electron chi connectivity index (χ2n) is 7.12. The van der Waals surface area contributed by atoms with Gasteiger partial charge in [-0.05, 0) is 49.9 Å². The maximum absolute atomic E-state index is 12.6. The maximum Gasteiger partial charge on any atom is 0.319 e. The molecule has 1 aromatic rings. The van der Waals surface area contributed by atoms with E-state index in [0.29, 0.717) is 31.0 Å². The predicted molar refractivity (Wildman–Crippen MR) is 108 cm³/mol. The third-order valence-electron chi connectivity index (χ3n) is 5.05. The lowest BCUT2D eigenvalue weighted by molar-refractivity contribution is -0.156. The van der Waals surface area contributed by atoms with Crippen LogP contribution < -0.4 is 5.32 Å². The zero-order valence-electron chi connectivity index (χ0n) is 15.9. The van der Waals surface area contributed by atoms with E-state index in [1.165, 1.54) is 0 Å². The van der Waals surface area contributed by atoms with Gasteiger partial charge < -0.3 is 10.4 Å². The van der Waals surface area contributed by atoms with Crippen LogP contribution in [-0.4, -0.2) is 41.5 Å². The van der Waals surface area contributed by atoms with Crippen LogP contribution in [0.3, 0.4) is 0 Å². The Bertz CT molecular complexity index is 677. The number of rotatable bonds is 10. The summed E-state index contributed by atoms with van der Waals surface area (Å²) in [6, 6.07) is 7.78. The van der Waals surface area contributed by atoms with Crippen molar-refractivity contribution < 1.29 is 14.7 Å². The van der Waals surface area contributed by atoms with E-state index in [1.54, 1.807) is 6.08 Å². The van der Waals surface area contributed by atoms with Crippen molar-refractivity contribution in [2.24, 2.45) is 5.41 Å². The van der Waals surface area contributed by atoms with Gasteiger partial charge in [0.25, 0.3) is 0 Å². The number of carbonyl (C=O) groups excluding carboxylic acids is 1. The first kappa shape index (κ1) is 21.5. The summed E-state index contributed by atoms with van der Waals surface area (Å²) >= 11 is 6.07.